The Labute approximate surface area is 79.3 Å². The first-order valence-corrected chi connectivity index (χ1v) is 5.37. The third-order valence-corrected chi connectivity index (χ3v) is 3.12. The first-order chi connectivity index (χ1) is 6.36. The Hall–Kier alpha value is -0.570. The molecule has 3 nitrogen and oxygen atoms in total. The van der Waals surface area contributed by atoms with Gasteiger partial charge in [-0.1, -0.05) is 6.42 Å². The quantitative estimate of drug-likeness (QED) is 0.658. The van der Waals surface area contributed by atoms with Crippen molar-refractivity contribution < 1.29 is 4.79 Å². The fourth-order valence-electron chi connectivity index (χ4n) is 1.96. The summed E-state index contributed by atoms with van der Waals surface area (Å²) in [6.07, 6.45) is 5.78. The van der Waals surface area contributed by atoms with Crippen molar-refractivity contribution >= 4 is 5.91 Å². The lowest BCUT2D eigenvalue weighted by atomic mass is 9.84. The molecule has 2 N–H and O–H groups in total. The van der Waals surface area contributed by atoms with E-state index in [1.807, 2.05) is 0 Å². The normalized spacial score (nSPS) is 29.4. The van der Waals surface area contributed by atoms with Crippen LogP contribution in [0.2, 0.25) is 0 Å². The molecule has 0 aromatic carbocycles. The van der Waals surface area contributed by atoms with E-state index in [1.165, 1.54) is 12.8 Å². The van der Waals surface area contributed by atoms with E-state index in [4.69, 9.17) is 0 Å². The van der Waals surface area contributed by atoms with Crippen molar-refractivity contribution in [2.75, 3.05) is 13.1 Å². The minimum atomic E-state index is 0.292. The Morgan fingerprint density at radius 1 is 1.23 bits per heavy atom. The minimum Gasteiger partial charge on any atom is -0.352 e. The second kappa shape index (κ2) is 4.09. The van der Waals surface area contributed by atoms with E-state index in [0.717, 1.165) is 32.4 Å². The molecule has 0 aromatic rings. The molecule has 0 radical (unpaired) electrons. The van der Waals surface area contributed by atoms with E-state index in [2.05, 4.69) is 10.6 Å². The van der Waals surface area contributed by atoms with Gasteiger partial charge in [-0.15, -0.1) is 0 Å². The molecule has 0 spiro atoms. The molecule has 1 amide bonds. The molecule has 0 unspecified atom stereocenters. The summed E-state index contributed by atoms with van der Waals surface area (Å²) in [6.45, 7) is 2.06. The topological polar surface area (TPSA) is 41.1 Å². The second-order valence-corrected chi connectivity index (χ2v) is 4.18. The number of carbonyl (C=O) groups excluding carboxylic acids is 1. The van der Waals surface area contributed by atoms with Gasteiger partial charge in [-0.05, 0) is 32.2 Å². The van der Waals surface area contributed by atoms with Gasteiger partial charge < -0.3 is 10.6 Å². The number of hydrogen-bond donors (Lipinski definition) is 2. The zero-order valence-corrected chi connectivity index (χ0v) is 8.01. The predicted octanol–water partition coefficient (Wildman–Crippen LogP) is 0.655. The first kappa shape index (κ1) is 9.00. The molecule has 0 aromatic heterocycles. The number of nitrogens with one attached hydrogen (secondary N) is 2. The molecular weight excluding hydrogens is 164 g/mol. The van der Waals surface area contributed by atoms with Gasteiger partial charge in [0.2, 0.25) is 5.91 Å². The molecule has 2 aliphatic rings. The number of rotatable bonds is 2. The molecule has 2 fully saturated rings. The Bertz CT molecular complexity index is 183. The van der Waals surface area contributed by atoms with E-state index in [0.29, 0.717) is 17.9 Å². The lowest BCUT2D eigenvalue weighted by Gasteiger charge is -2.29. The van der Waals surface area contributed by atoms with Crippen LogP contribution in [0.25, 0.3) is 0 Å². The van der Waals surface area contributed by atoms with Crippen molar-refractivity contribution in [3.8, 4) is 0 Å². The Kier molecular flexibility index (Phi) is 2.83. The molecule has 1 saturated heterocycles. The van der Waals surface area contributed by atoms with E-state index < -0.39 is 0 Å². The van der Waals surface area contributed by atoms with Crippen molar-refractivity contribution in [3.63, 3.8) is 0 Å². The van der Waals surface area contributed by atoms with Gasteiger partial charge >= 0.3 is 0 Å². The number of piperidine rings is 1. The molecule has 0 bridgehead atoms. The van der Waals surface area contributed by atoms with Crippen LogP contribution in [0.1, 0.15) is 32.1 Å². The zero-order valence-electron chi connectivity index (χ0n) is 8.01. The summed E-state index contributed by atoms with van der Waals surface area (Å²) < 4.78 is 0. The molecule has 1 aliphatic heterocycles. The highest BCUT2D eigenvalue weighted by molar-refractivity contribution is 5.79. The van der Waals surface area contributed by atoms with E-state index in [9.17, 15) is 4.79 Å². The molecule has 3 heteroatoms. The van der Waals surface area contributed by atoms with Gasteiger partial charge in [0.1, 0.15) is 0 Å². The second-order valence-electron chi connectivity index (χ2n) is 4.18. The average molecular weight is 182 g/mol. The summed E-state index contributed by atoms with van der Waals surface area (Å²) in [5.74, 6) is 0.627. The van der Waals surface area contributed by atoms with E-state index >= 15 is 0 Å². The van der Waals surface area contributed by atoms with Crippen LogP contribution in [0.15, 0.2) is 0 Å². The van der Waals surface area contributed by atoms with Gasteiger partial charge in [0.15, 0.2) is 0 Å². The van der Waals surface area contributed by atoms with Crippen LogP contribution in [-0.2, 0) is 4.79 Å². The van der Waals surface area contributed by atoms with Crippen LogP contribution in [0.5, 0.6) is 0 Å². The monoisotopic (exact) mass is 182 g/mol. The van der Waals surface area contributed by atoms with Gasteiger partial charge in [-0.25, -0.2) is 0 Å². The largest absolute Gasteiger partial charge is 0.352 e. The molecule has 1 atom stereocenters. The third kappa shape index (κ3) is 2.21. The molecule has 13 heavy (non-hydrogen) atoms. The predicted molar refractivity (Wildman–Crippen MR) is 51.4 cm³/mol. The Morgan fingerprint density at radius 3 is 2.62 bits per heavy atom. The average Bonchev–Trinajstić information content (AvgIpc) is 2.02. The lowest BCUT2D eigenvalue weighted by Crippen LogP contribution is -2.48. The van der Waals surface area contributed by atoms with Crippen LogP contribution in [-0.4, -0.2) is 25.0 Å². The van der Waals surface area contributed by atoms with E-state index in [1.54, 1.807) is 0 Å². The van der Waals surface area contributed by atoms with Crippen molar-refractivity contribution in [3.05, 3.63) is 0 Å². The SMILES string of the molecule is O=C(N[C@H]1CCCNC1)C1CCC1. The Balaban J connectivity index is 1.72. The summed E-state index contributed by atoms with van der Waals surface area (Å²) in [6, 6.07) is 0.391. The van der Waals surface area contributed by atoms with Crippen LogP contribution >= 0.6 is 0 Å². The molecule has 1 aliphatic carbocycles. The highest BCUT2D eigenvalue weighted by Gasteiger charge is 2.27. The van der Waals surface area contributed by atoms with Crippen molar-refractivity contribution in [2.24, 2.45) is 5.92 Å². The molecule has 1 heterocycles. The number of carbonyl (C=O) groups is 1. The van der Waals surface area contributed by atoms with Gasteiger partial charge in [-0.2, -0.15) is 0 Å². The summed E-state index contributed by atoms with van der Waals surface area (Å²) in [4.78, 5) is 11.6. The van der Waals surface area contributed by atoms with Crippen LogP contribution in [0, 0.1) is 5.92 Å². The van der Waals surface area contributed by atoms with Gasteiger partial charge in [0.05, 0.1) is 0 Å². The highest BCUT2D eigenvalue weighted by atomic mass is 16.2. The molecule has 1 saturated carbocycles. The Morgan fingerprint density at radius 2 is 2.08 bits per heavy atom. The first-order valence-electron chi connectivity index (χ1n) is 5.37. The highest BCUT2D eigenvalue weighted by Crippen LogP contribution is 2.26. The summed E-state index contributed by atoms with van der Waals surface area (Å²) in [5, 5.41) is 6.42. The van der Waals surface area contributed by atoms with Crippen LogP contribution in [0.4, 0.5) is 0 Å². The summed E-state index contributed by atoms with van der Waals surface area (Å²) in [5.41, 5.74) is 0. The number of amides is 1. The maximum absolute atomic E-state index is 11.6. The van der Waals surface area contributed by atoms with Gasteiger partial charge in [0.25, 0.3) is 0 Å². The van der Waals surface area contributed by atoms with Crippen molar-refractivity contribution in [2.45, 2.75) is 38.1 Å². The molecule has 2 rings (SSSR count). The van der Waals surface area contributed by atoms with Crippen LogP contribution in [0.3, 0.4) is 0 Å². The molecular formula is C10H18N2O. The fraction of sp³-hybridized carbons (Fsp3) is 0.900. The molecule has 74 valence electrons. The summed E-state index contributed by atoms with van der Waals surface area (Å²) in [7, 11) is 0. The standard InChI is InChI=1S/C10H18N2O/c13-10(8-3-1-4-8)12-9-5-2-6-11-7-9/h8-9,11H,1-7H2,(H,12,13)/t9-/m0/s1. The maximum atomic E-state index is 11.6. The van der Waals surface area contributed by atoms with E-state index in [-0.39, 0.29) is 0 Å². The van der Waals surface area contributed by atoms with Gasteiger partial charge in [-0.3, -0.25) is 4.79 Å². The fourth-order valence-corrected chi connectivity index (χ4v) is 1.96. The van der Waals surface area contributed by atoms with Gasteiger partial charge in [0, 0.05) is 18.5 Å². The van der Waals surface area contributed by atoms with Crippen molar-refractivity contribution in [1.29, 1.82) is 0 Å². The van der Waals surface area contributed by atoms with Crippen molar-refractivity contribution in [1.82, 2.24) is 10.6 Å². The minimum absolute atomic E-state index is 0.292. The zero-order chi connectivity index (χ0) is 9.10. The third-order valence-electron chi connectivity index (χ3n) is 3.12. The van der Waals surface area contributed by atoms with Crippen LogP contribution < -0.4 is 10.6 Å². The maximum Gasteiger partial charge on any atom is 0.223 e. The smallest absolute Gasteiger partial charge is 0.223 e. The number of hydrogen-bond acceptors (Lipinski definition) is 2. The summed E-state index contributed by atoms with van der Waals surface area (Å²) >= 11 is 0. The lowest BCUT2D eigenvalue weighted by molar-refractivity contribution is -0.128.